The summed E-state index contributed by atoms with van der Waals surface area (Å²) in [5.74, 6) is 3.63. The van der Waals surface area contributed by atoms with Crippen molar-refractivity contribution >= 4 is 27.7 Å². The standard InChI is InChI=1S/C12H13BrN4OS/c1-14-10-6-19-5-8(10)12-16-11(17-18-12)9-3-2-7(13)4-15-9/h2-4,8,10,14H,5-6H2,1H3. The van der Waals surface area contributed by atoms with Gasteiger partial charge in [-0.2, -0.15) is 16.7 Å². The van der Waals surface area contributed by atoms with Gasteiger partial charge in [-0.25, -0.2) is 0 Å². The molecule has 2 aromatic rings. The predicted octanol–water partition coefficient (Wildman–Crippen LogP) is 2.31. The van der Waals surface area contributed by atoms with E-state index in [0.29, 0.717) is 17.8 Å². The molecule has 5 nitrogen and oxygen atoms in total. The van der Waals surface area contributed by atoms with E-state index in [1.54, 1.807) is 6.20 Å². The second kappa shape index (κ2) is 5.60. The van der Waals surface area contributed by atoms with Gasteiger partial charge < -0.3 is 9.84 Å². The minimum absolute atomic E-state index is 0.284. The fourth-order valence-corrected chi connectivity index (χ4v) is 3.73. The molecule has 0 aliphatic carbocycles. The highest BCUT2D eigenvalue weighted by Crippen LogP contribution is 2.32. The average Bonchev–Trinajstić information content (AvgIpc) is 3.07. The molecule has 1 N–H and O–H groups in total. The second-order valence-corrected chi connectivity index (χ2v) is 6.35. The molecular weight excluding hydrogens is 328 g/mol. The molecule has 2 unspecified atom stereocenters. The maximum atomic E-state index is 5.40. The molecule has 3 heterocycles. The maximum absolute atomic E-state index is 5.40. The van der Waals surface area contributed by atoms with Gasteiger partial charge in [0.05, 0.1) is 5.92 Å². The zero-order valence-corrected chi connectivity index (χ0v) is 12.7. The van der Waals surface area contributed by atoms with Crippen LogP contribution in [0, 0.1) is 0 Å². The smallest absolute Gasteiger partial charge is 0.232 e. The van der Waals surface area contributed by atoms with E-state index in [9.17, 15) is 0 Å². The first-order valence-electron chi connectivity index (χ1n) is 5.98. The summed E-state index contributed by atoms with van der Waals surface area (Å²) in [6.45, 7) is 0. The molecule has 1 aliphatic heterocycles. The van der Waals surface area contributed by atoms with Crippen LogP contribution in [0.3, 0.4) is 0 Å². The van der Waals surface area contributed by atoms with Crippen molar-refractivity contribution in [1.29, 1.82) is 0 Å². The van der Waals surface area contributed by atoms with Crippen LogP contribution in [0.15, 0.2) is 27.3 Å². The first kappa shape index (κ1) is 13.1. The van der Waals surface area contributed by atoms with Gasteiger partial charge in [0.2, 0.25) is 11.7 Å². The fraction of sp³-hybridized carbons (Fsp3) is 0.417. The Kier molecular flexibility index (Phi) is 3.86. The van der Waals surface area contributed by atoms with Crippen molar-refractivity contribution in [2.75, 3.05) is 18.6 Å². The third-order valence-corrected chi connectivity index (χ3v) is 4.83. The Morgan fingerprint density at radius 3 is 3.05 bits per heavy atom. The molecule has 0 radical (unpaired) electrons. The van der Waals surface area contributed by atoms with Gasteiger partial charge >= 0.3 is 0 Å². The van der Waals surface area contributed by atoms with Crippen LogP contribution in [-0.2, 0) is 0 Å². The van der Waals surface area contributed by atoms with Crippen LogP contribution in [0.25, 0.3) is 11.5 Å². The monoisotopic (exact) mass is 340 g/mol. The van der Waals surface area contributed by atoms with E-state index in [2.05, 4.69) is 36.4 Å². The predicted molar refractivity (Wildman–Crippen MR) is 78.1 cm³/mol. The first-order valence-corrected chi connectivity index (χ1v) is 7.93. The lowest BCUT2D eigenvalue weighted by atomic mass is 10.0. The van der Waals surface area contributed by atoms with Crippen LogP contribution < -0.4 is 5.32 Å². The number of hydrogen-bond acceptors (Lipinski definition) is 6. The summed E-state index contributed by atoms with van der Waals surface area (Å²) < 4.78 is 6.33. The summed E-state index contributed by atoms with van der Waals surface area (Å²) in [5, 5.41) is 7.33. The highest BCUT2D eigenvalue weighted by Gasteiger charge is 2.32. The average molecular weight is 341 g/mol. The summed E-state index contributed by atoms with van der Waals surface area (Å²) >= 11 is 5.26. The Morgan fingerprint density at radius 1 is 1.42 bits per heavy atom. The zero-order chi connectivity index (χ0) is 13.2. The highest BCUT2D eigenvalue weighted by molar-refractivity contribution is 9.10. The molecule has 2 aromatic heterocycles. The van der Waals surface area contributed by atoms with Gasteiger partial charge in [-0.05, 0) is 35.1 Å². The molecule has 1 saturated heterocycles. The molecular formula is C12H13BrN4OS. The Labute approximate surface area is 123 Å². The van der Waals surface area contributed by atoms with E-state index >= 15 is 0 Å². The summed E-state index contributed by atoms with van der Waals surface area (Å²) in [6, 6.07) is 4.19. The SMILES string of the molecule is CNC1CSCC1c1nc(-c2ccc(Br)cn2)no1. The van der Waals surface area contributed by atoms with Crippen LogP contribution in [0.1, 0.15) is 11.8 Å². The molecule has 3 rings (SSSR count). The number of pyridine rings is 1. The number of rotatable bonds is 3. The highest BCUT2D eigenvalue weighted by atomic mass is 79.9. The summed E-state index contributed by atoms with van der Waals surface area (Å²) in [5.41, 5.74) is 0.727. The van der Waals surface area contributed by atoms with E-state index in [4.69, 9.17) is 4.52 Å². The van der Waals surface area contributed by atoms with Crippen LogP contribution in [0.5, 0.6) is 0 Å². The van der Waals surface area contributed by atoms with Crippen molar-refractivity contribution in [3.63, 3.8) is 0 Å². The largest absolute Gasteiger partial charge is 0.339 e. The maximum Gasteiger partial charge on any atom is 0.232 e. The number of thioether (sulfide) groups is 1. The van der Waals surface area contributed by atoms with E-state index in [1.165, 1.54) is 0 Å². The Bertz CT molecular complexity index is 559. The molecule has 1 fully saturated rings. The Morgan fingerprint density at radius 2 is 2.32 bits per heavy atom. The topological polar surface area (TPSA) is 63.8 Å². The minimum atomic E-state index is 0.284. The van der Waals surface area contributed by atoms with Crippen molar-refractivity contribution < 1.29 is 4.52 Å². The molecule has 1 aliphatic rings. The minimum Gasteiger partial charge on any atom is -0.339 e. The number of nitrogens with zero attached hydrogens (tertiary/aromatic N) is 3. The molecule has 0 aromatic carbocycles. The Balaban J connectivity index is 1.85. The third kappa shape index (κ3) is 2.68. The third-order valence-electron chi connectivity index (χ3n) is 3.17. The first-order chi connectivity index (χ1) is 9.28. The van der Waals surface area contributed by atoms with Crippen molar-refractivity contribution in [2.24, 2.45) is 0 Å². The van der Waals surface area contributed by atoms with Crippen LogP contribution in [0.2, 0.25) is 0 Å². The summed E-state index contributed by atoms with van der Waals surface area (Å²) in [4.78, 5) is 8.76. The normalized spacial score (nSPS) is 22.8. The molecule has 0 bridgehead atoms. The number of likely N-dealkylation sites (N-methyl/N-ethyl adjacent to an activating group) is 1. The fourth-order valence-electron chi connectivity index (χ4n) is 2.08. The molecule has 19 heavy (non-hydrogen) atoms. The van der Waals surface area contributed by atoms with E-state index in [1.807, 2.05) is 30.9 Å². The lowest BCUT2D eigenvalue weighted by Crippen LogP contribution is -2.31. The molecule has 100 valence electrons. The van der Waals surface area contributed by atoms with Crippen LogP contribution in [-0.4, -0.2) is 39.7 Å². The number of nitrogens with one attached hydrogen (secondary N) is 1. The summed E-state index contributed by atoms with van der Waals surface area (Å²) in [6.07, 6.45) is 1.73. The number of hydrogen-bond donors (Lipinski definition) is 1. The quantitative estimate of drug-likeness (QED) is 0.924. The van der Waals surface area contributed by atoms with E-state index in [-0.39, 0.29) is 5.92 Å². The van der Waals surface area contributed by atoms with E-state index in [0.717, 1.165) is 21.7 Å². The number of aromatic nitrogens is 3. The van der Waals surface area contributed by atoms with E-state index < -0.39 is 0 Å². The Hall–Kier alpha value is -0.920. The van der Waals surface area contributed by atoms with Crippen molar-refractivity contribution in [3.8, 4) is 11.5 Å². The molecule has 0 spiro atoms. The zero-order valence-electron chi connectivity index (χ0n) is 10.3. The number of halogens is 1. The van der Waals surface area contributed by atoms with Gasteiger partial charge in [-0.15, -0.1) is 0 Å². The van der Waals surface area contributed by atoms with Crippen LogP contribution in [0.4, 0.5) is 0 Å². The van der Waals surface area contributed by atoms with Gasteiger partial charge in [0.25, 0.3) is 0 Å². The molecule has 7 heteroatoms. The van der Waals surface area contributed by atoms with Crippen molar-refractivity contribution in [2.45, 2.75) is 12.0 Å². The molecule has 2 atom stereocenters. The summed E-state index contributed by atoms with van der Waals surface area (Å²) in [7, 11) is 1.97. The van der Waals surface area contributed by atoms with Crippen molar-refractivity contribution in [1.82, 2.24) is 20.4 Å². The van der Waals surface area contributed by atoms with Gasteiger partial charge in [-0.1, -0.05) is 5.16 Å². The molecule has 0 amide bonds. The second-order valence-electron chi connectivity index (χ2n) is 4.36. The lowest BCUT2D eigenvalue weighted by molar-refractivity contribution is 0.344. The van der Waals surface area contributed by atoms with Gasteiger partial charge in [0.15, 0.2) is 0 Å². The van der Waals surface area contributed by atoms with Crippen LogP contribution >= 0.6 is 27.7 Å². The van der Waals surface area contributed by atoms with Crippen molar-refractivity contribution in [3.05, 3.63) is 28.7 Å². The lowest BCUT2D eigenvalue weighted by Gasteiger charge is -2.13. The van der Waals surface area contributed by atoms with Gasteiger partial charge in [-0.3, -0.25) is 4.98 Å². The van der Waals surface area contributed by atoms with Gasteiger partial charge in [0.1, 0.15) is 5.69 Å². The molecule has 0 saturated carbocycles. The van der Waals surface area contributed by atoms with Gasteiger partial charge in [0, 0.05) is 28.2 Å².